The van der Waals surface area contributed by atoms with Crippen LogP contribution in [0.4, 0.5) is 0 Å². The SMILES string of the molecule is CCCCCCCCCCCCCCCCOC(OCCCCCCCCCCCCCCCC)OC1C[C@H](n2cc(C)c(=O)[nH]c2=O)OC1OP(=O)(O)OC. The summed E-state index contributed by atoms with van der Waals surface area (Å²) >= 11 is 0. The molecule has 13 heteroatoms. The molecule has 1 aromatic rings. The Kier molecular flexibility index (Phi) is 29.4. The van der Waals surface area contributed by atoms with Crippen LogP contribution in [0.1, 0.15) is 212 Å². The third-order valence-corrected chi connectivity index (χ3v) is 11.7. The zero-order chi connectivity index (χ0) is 40.7. The van der Waals surface area contributed by atoms with Gasteiger partial charge in [0.2, 0.25) is 0 Å². The number of hydrogen-bond acceptors (Lipinski definition) is 9. The van der Waals surface area contributed by atoms with Gasteiger partial charge in [0.15, 0.2) is 6.29 Å². The van der Waals surface area contributed by atoms with Crippen LogP contribution in [0.15, 0.2) is 15.8 Å². The van der Waals surface area contributed by atoms with E-state index in [9.17, 15) is 19.0 Å². The number of rotatable bonds is 38. The number of hydrogen-bond donors (Lipinski definition) is 2. The number of ether oxygens (including phenoxy) is 4. The summed E-state index contributed by atoms with van der Waals surface area (Å²) in [5.74, 6) is 0. The van der Waals surface area contributed by atoms with Gasteiger partial charge < -0.3 is 23.8 Å². The van der Waals surface area contributed by atoms with Crippen LogP contribution in [0.2, 0.25) is 0 Å². The van der Waals surface area contributed by atoms with Crippen molar-refractivity contribution in [2.45, 2.75) is 232 Å². The van der Waals surface area contributed by atoms with Crippen molar-refractivity contribution in [2.24, 2.45) is 0 Å². The third kappa shape index (κ3) is 23.9. The summed E-state index contributed by atoms with van der Waals surface area (Å²) in [6.45, 7) is 5.89. The molecule has 1 saturated heterocycles. The van der Waals surface area contributed by atoms with Crippen LogP contribution in [-0.4, -0.2) is 53.6 Å². The summed E-state index contributed by atoms with van der Waals surface area (Å²) in [5.41, 5.74) is -0.868. The molecule has 2 heterocycles. The molecule has 12 nitrogen and oxygen atoms in total. The highest BCUT2D eigenvalue weighted by Crippen LogP contribution is 2.47. The molecular formula is C43H81N2O10P. The molecule has 1 aromatic heterocycles. The molecule has 328 valence electrons. The zero-order valence-corrected chi connectivity index (χ0v) is 36.7. The van der Waals surface area contributed by atoms with E-state index in [1.165, 1.54) is 152 Å². The van der Waals surface area contributed by atoms with Crippen molar-refractivity contribution in [1.29, 1.82) is 0 Å². The Morgan fingerprint density at radius 3 is 1.50 bits per heavy atom. The van der Waals surface area contributed by atoms with E-state index < -0.39 is 44.2 Å². The smallest absolute Gasteiger partial charge is 0.330 e. The number of phosphoric acid groups is 1. The van der Waals surface area contributed by atoms with Crippen LogP contribution >= 0.6 is 7.82 Å². The van der Waals surface area contributed by atoms with Crippen molar-refractivity contribution in [2.75, 3.05) is 20.3 Å². The minimum atomic E-state index is -4.49. The lowest BCUT2D eigenvalue weighted by molar-refractivity contribution is -0.317. The van der Waals surface area contributed by atoms with Crippen LogP contribution in [-0.2, 0) is 32.6 Å². The molecule has 2 rings (SSSR count). The summed E-state index contributed by atoms with van der Waals surface area (Å²) in [6.07, 6.45) is 33.6. The molecule has 0 amide bonds. The summed E-state index contributed by atoms with van der Waals surface area (Å²) in [7, 11) is -3.43. The molecule has 1 aliphatic rings. The maximum atomic E-state index is 12.7. The molecule has 0 aliphatic carbocycles. The van der Waals surface area contributed by atoms with E-state index in [4.69, 9.17) is 23.5 Å². The van der Waals surface area contributed by atoms with Gasteiger partial charge in [-0.25, -0.2) is 9.36 Å². The Morgan fingerprint density at radius 1 is 0.714 bits per heavy atom. The number of unbranched alkanes of at least 4 members (excludes halogenated alkanes) is 26. The lowest BCUT2D eigenvalue weighted by atomic mass is 10.0. The van der Waals surface area contributed by atoms with Crippen molar-refractivity contribution in [1.82, 2.24) is 9.55 Å². The Hall–Kier alpha value is -1.37. The third-order valence-electron chi connectivity index (χ3n) is 10.7. The van der Waals surface area contributed by atoms with Gasteiger partial charge in [-0.3, -0.25) is 23.4 Å². The minimum absolute atomic E-state index is 0.0701. The fourth-order valence-electron chi connectivity index (χ4n) is 7.20. The second-order valence-corrected chi connectivity index (χ2v) is 17.3. The molecule has 1 fully saturated rings. The molecule has 0 bridgehead atoms. The average molecular weight is 817 g/mol. The summed E-state index contributed by atoms with van der Waals surface area (Å²) < 4.78 is 47.9. The maximum Gasteiger partial charge on any atom is 0.474 e. The van der Waals surface area contributed by atoms with E-state index >= 15 is 0 Å². The van der Waals surface area contributed by atoms with E-state index in [-0.39, 0.29) is 6.42 Å². The van der Waals surface area contributed by atoms with Gasteiger partial charge in [-0.2, -0.15) is 0 Å². The quantitative estimate of drug-likeness (QED) is 0.0375. The van der Waals surface area contributed by atoms with Gasteiger partial charge in [0.1, 0.15) is 12.3 Å². The second-order valence-electron chi connectivity index (χ2n) is 15.8. The fourth-order valence-corrected chi connectivity index (χ4v) is 7.73. The number of H-pyrrole nitrogens is 1. The van der Waals surface area contributed by atoms with Crippen molar-refractivity contribution in [3.63, 3.8) is 0 Å². The largest absolute Gasteiger partial charge is 0.474 e. The number of phosphoric ester groups is 1. The number of aromatic amines is 1. The first-order chi connectivity index (χ1) is 27.2. The van der Waals surface area contributed by atoms with Gasteiger partial charge in [0, 0.05) is 25.3 Å². The molecule has 0 radical (unpaired) electrons. The zero-order valence-electron chi connectivity index (χ0n) is 35.8. The predicted molar refractivity (Wildman–Crippen MR) is 224 cm³/mol. The van der Waals surface area contributed by atoms with Crippen molar-refractivity contribution in [3.05, 3.63) is 32.6 Å². The standard InChI is InChI=1S/C43H81N2O10P/c1-5-7-9-11-13-15-17-19-21-23-25-27-29-31-33-51-43(52-34-32-30-28-26-24-22-20-18-16-14-12-10-8-6-2)53-38-35-39(54-41(38)55-56(48,49)50-4)45-36-37(3)40(46)44-42(45)47/h36,38-39,41,43H,5-35H2,1-4H3,(H,48,49)(H,44,46,47)/t38?,39-,41?/m1/s1. The van der Waals surface area contributed by atoms with E-state index in [2.05, 4.69) is 23.4 Å². The molecule has 3 unspecified atom stereocenters. The molecule has 1 aliphatic heterocycles. The van der Waals surface area contributed by atoms with Crippen LogP contribution in [0.25, 0.3) is 0 Å². The monoisotopic (exact) mass is 817 g/mol. The first-order valence-corrected chi connectivity index (χ1v) is 24.1. The van der Waals surface area contributed by atoms with E-state index in [0.29, 0.717) is 18.8 Å². The highest BCUT2D eigenvalue weighted by atomic mass is 31.2. The summed E-state index contributed by atoms with van der Waals surface area (Å²) in [5, 5.41) is 0. The van der Waals surface area contributed by atoms with Crippen LogP contribution < -0.4 is 11.2 Å². The molecule has 0 saturated carbocycles. The van der Waals surface area contributed by atoms with Gasteiger partial charge >= 0.3 is 13.5 Å². The van der Waals surface area contributed by atoms with Gasteiger partial charge in [-0.05, 0) is 19.8 Å². The fraction of sp³-hybridized carbons (Fsp3) is 0.907. The van der Waals surface area contributed by atoms with Gasteiger partial charge in [0.05, 0.1) is 13.2 Å². The van der Waals surface area contributed by atoms with Gasteiger partial charge in [-0.1, -0.05) is 181 Å². The average Bonchev–Trinajstić information content (AvgIpc) is 3.56. The molecule has 0 spiro atoms. The number of aromatic nitrogens is 2. The molecule has 4 atom stereocenters. The molecule has 56 heavy (non-hydrogen) atoms. The van der Waals surface area contributed by atoms with Crippen LogP contribution in [0.5, 0.6) is 0 Å². The topological polar surface area (TPSA) is 148 Å². The molecular weight excluding hydrogens is 735 g/mol. The first-order valence-electron chi connectivity index (χ1n) is 22.6. The summed E-state index contributed by atoms with van der Waals surface area (Å²) in [4.78, 5) is 37.0. The molecule has 2 N–H and O–H groups in total. The van der Waals surface area contributed by atoms with E-state index in [1.54, 1.807) is 6.92 Å². The van der Waals surface area contributed by atoms with Gasteiger partial charge in [-0.15, -0.1) is 0 Å². The highest BCUT2D eigenvalue weighted by Gasteiger charge is 2.44. The van der Waals surface area contributed by atoms with Crippen molar-refractivity contribution < 1.29 is 37.5 Å². The van der Waals surface area contributed by atoms with Crippen molar-refractivity contribution >= 4 is 7.82 Å². The van der Waals surface area contributed by atoms with Gasteiger partial charge in [0.25, 0.3) is 12.0 Å². The van der Waals surface area contributed by atoms with E-state index in [0.717, 1.165) is 45.6 Å². The van der Waals surface area contributed by atoms with E-state index in [1.807, 2.05) is 0 Å². The number of nitrogens with one attached hydrogen (secondary N) is 1. The Bertz CT molecular complexity index is 1230. The number of nitrogens with zero attached hydrogens (tertiary/aromatic N) is 1. The maximum absolute atomic E-state index is 12.7. The minimum Gasteiger partial charge on any atom is -0.330 e. The Balaban J connectivity index is 1.82. The Morgan fingerprint density at radius 2 is 1.11 bits per heavy atom. The lowest BCUT2D eigenvalue weighted by Gasteiger charge is -2.25. The number of aryl methyl sites for hydroxylation is 1. The Labute approximate surface area is 339 Å². The van der Waals surface area contributed by atoms with Crippen LogP contribution in [0, 0.1) is 6.92 Å². The molecule has 0 aromatic carbocycles. The first kappa shape index (κ1) is 50.8. The highest BCUT2D eigenvalue weighted by molar-refractivity contribution is 7.47. The van der Waals surface area contributed by atoms with Crippen molar-refractivity contribution in [3.8, 4) is 0 Å². The lowest BCUT2D eigenvalue weighted by Crippen LogP contribution is -2.34. The summed E-state index contributed by atoms with van der Waals surface area (Å²) in [6, 6.07) is 0. The van der Waals surface area contributed by atoms with Crippen LogP contribution in [0.3, 0.4) is 0 Å². The normalized spacial score (nSPS) is 18.3. The second kappa shape index (κ2) is 32.5. The predicted octanol–water partition coefficient (Wildman–Crippen LogP) is 11.5.